The lowest BCUT2D eigenvalue weighted by Gasteiger charge is -2.29. The standard InChI is InChI=1S/C10H18N2O5S/c1-7(13)18-10(2,6-11-9(15)16-4)8(14)12(3)17-5/h6H2,1-5H3,(H,11,15)/t10-/m0/s1. The summed E-state index contributed by atoms with van der Waals surface area (Å²) in [7, 11) is 3.98. The molecule has 0 aliphatic rings. The first kappa shape index (κ1) is 16.7. The molecule has 0 aromatic carbocycles. The molecule has 0 spiro atoms. The Hall–Kier alpha value is -1.28. The molecule has 1 atom stereocenters. The molecule has 0 unspecified atom stereocenters. The number of nitrogens with one attached hydrogen (secondary N) is 1. The number of amides is 2. The van der Waals surface area contributed by atoms with Crippen molar-refractivity contribution in [3.63, 3.8) is 0 Å². The van der Waals surface area contributed by atoms with E-state index >= 15 is 0 Å². The summed E-state index contributed by atoms with van der Waals surface area (Å²) in [5, 5.41) is 3.18. The van der Waals surface area contributed by atoms with Crippen LogP contribution in [0, 0.1) is 0 Å². The summed E-state index contributed by atoms with van der Waals surface area (Å²) in [5.41, 5.74) is 0. The maximum absolute atomic E-state index is 12.1. The van der Waals surface area contributed by atoms with Crippen molar-refractivity contribution in [1.82, 2.24) is 10.4 Å². The van der Waals surface area contributed by atoms with Crippen molar-refractivity contribution in [2.75, 3.05) is 27.8 Å². The summed E-state index contributed by atoms with van der Waals surface area (Å²) in [6.45, 7) is 2.85. The second kappa shape index (κ2) is 7.22. The fourth-order valence-electron chi connectivity index (χ4n) is 1.20. The van der Waals surface area contributed by atoms with Crippen molar-refractivity contribution in [1.29, 1.82) is 0 Å². The van der Waals surface area contributed by atoms with Gasteiger partial charge in [0.1, 0.15) is 4.75 Å². The van der Waals surface area contributed by atoms with Crippen LogP contribution in [0.3, 0.4) is 0 Å². The third-order valence-corrected chi connectivity index (χ3v) is 3.19. The van der Waals surface area contributed by atoms with Crippen LogP contribution >= 0.6 is 11.8 Å². The number of alkyl carbamates (subject to hydrolysis) is 1. The largest absolute Gasteiger partial charge is 0.453 e. The van der Waals surface area contributed by atoms with Crippen LogP contribution < -0.4 is 5.32 Å². The number of methoxy groups -OCH3 is 1. The van der Waals surface area contributed by atoms with Gasteiger partial charge >= 0.3 is 6.09 Å². The Labute approximate surface area is 110 Å². The van der Waals surface area contributed by atoms with E-state index in [9.17, 15) is 14.4 Å². The van der Waals surface area contributed by atoms with Gasteiger partial charge in [-0.15, -0.1) is 0 Å². The van der Waals surface area contributed by atoms with Crippen molar-refractivity contribution in [2.45, 2.75) is 18.6 Å². The number of hydrogen-bond donors (Lipinski definition) is 1. The number of carbonyl (C=O) groups is 3. The van der Waals surface area contributed by atoms with E-state index < -0.39 is 16.7 Å². The Morgan fingerprint density at radius 1 is 1.33 bits per heavy atom. The first-order valence-electron chi connectivity index (χ1n) is 5.10. The average Bonchev–Trinajstić information content (AvgIpc) is 2.33. The van der Waals surface area contributed by atoms with Crippen LogP contribution in [0.4, 0.5) is 4.79 Å². The molecule has 7 nitrogen and oxygen atoms in total. The molecule has 1 N–H and O–H groups in total. The molecule has 0 bridgehead atoms. The van der Waals surface area contributed by atoms with E-state index in [1.54, 1.807) is 6.92 Å². The SMILES string of the molecule is COC(=O)NC[C@](C)(SC(C)=O)C(=O)N(C)OC. The fourth-order valence-corrected chi connectivity index (χ4v) is 2.20. The fraction of sp³-hybridized carbons (Fsp3) is 0.700. The lowest BCUT2D eigenvalue weighted by atomic mass is 10.1. The van der Waals surface area contributed by atoms with Gasteiger partial charge in [-0.3, -0.25) is 14.4 Å². The average molecular weight is 278 g/mol. The molecule has 2 amide bonds. The molecule has 104 valence electrons. The number of ether oxygens (including phenoxy) is 1. The van der Waals surface area contributed by atoms with Crippen LogP contribution in [0.25, 0.3) is 0 Å². The topological polar surface area (TPSA) is 84.9 Å². The van der Waals surface area contributed by atoms with Gasteiger partial charge in [-0.1, -0.05) is 11.8 Å². The Balaban J connectivity index is 4.87. The van der Waals surface area contributed by atoms with Crippen molar-refractivity contribution in [3.8, 4) is 0 Å². The molecular formula is C10H18N2O5S. The Kier molecular flexibility index (Phi) is 6.71. The van der Waals surface area contributed by atoms with E-state index in [-0.39, 0.29) is 11.7 Å². The van der Waals surface area contributed by atoms with Crippen LogP contribution in [0.15, 0.2) is 0 Å². The number of carbonyl (C=O) groups excluding carboxylic acids is 3. The predicted molar refractivity (Wildman–Crippen MR) is 66.9 cm³/mol. The first-order valence-corrected chi connectivity index (χ1v) is 5.92. The van der Waals surface area contributed by atoms with Gasteiger partial charge in [0.05, 0.1) is 14.2 Å². The quantitative estimate of drug-likeness (QED) is 0.733. The third-order valence-electron chi connectivity index (χ3n) is 2.14. The highest BCUT2D eigenvalue weighted by Gasteiger charge is 2.38. The molecule has 0 fully saturated rings. The minimum absolute atomic E-state index is 0.0452. The zero-order valence-corrected chi connectivity index (χ0v) is 11.9. The summed E-state index contributed by atoms with van der Waals surface area (Å²) in [5.74, 6) is -0.429. The van der Waals surface area contributed by atoms with Gasteiger partial charge in [-0.2, -0.15) is 0 Å². The van der Waals surface area contributed by atoms with Gasteiger partial charge in [0.15, 0.2) is 5.12 Å². The first-order chi connectivity index (χ1) is 8.26. The van der Waals surface area contributed by atoms with Gasteiger partial charge < -0.3 is 10.1 Å². The summed E-state index contributed by atoms with van der Waals surface area (Å²) in [6, 6.07) is 0. The molecule has 0 aromatic heterocycles. The molecule has 0 aromatic rings. The highest BCUT2D eigenvalue weighted by Crippen LogP contribution is 2.27. The summed E-state index contributed by atoms with van der Waals surface area (Å²) < 4.78 is 3.27. The summed E-state index contributed by atoms with van der Waals surface area (Å²) in [6.07, 6.45) is -0.668. The van der Waals surface area contributed by atoms with Gasteiger partial charge in [0.25, 0.3) is 5.91 Å². The van der Waals surface area contributed by atoms with E-state index in [1.165, 1.54) is 28.2 Å². The molecule has 0 aliphatic carbocycles. The minimum Gasteiger partial charge on any atom is -0.453 e. The van der Waals surface area contributed by atoms with Crippen LogP contribution in [-0.2, 0) is 19.2 Å². The predicted octanol–water partition coefficient (Wildman–Crippen LogP) is 0.401. The van der Waals surface area contributed by atoms with Gasteiger partial charge in [-0.25, -0.2) is 9.86 Å². The number of hydroxylamine groups is 2. The van der Waals surface area contributed by atoms with Gasteiger partial charge in [-0.05, 0) is 6.92 Å². The van der Waals surface area contributed by atoms with Crippen molar-refractivity contribution in [3.05, 3.63) is 0 Å². The minimum atomic E-state index is -1.15. The normalized spacial score (nSPS) is 13.4. The van der Waals surface area contributed by atoms with E-state index in [0.717, 1.165) is 16.8 Å². The molecule has 0 aliphatic heterocycles. The van der Waals surface area contributed by atoms with E-state index in [4.69, 9.17) is 4.84 Å². The second-order valence-corrected chi connectivity index (χ2v) is 5.33. The molecule has 18 heavy (non-hydrogen) atoms. The third kappa shape index (κ3) is 4.92. The summed E-state index contributed by atoms with van der Waals surface area (Å²) >= 11 is 0.826. The van der Waals surface area contributed by atoms with Gasteiger partial charge in [0.2, 0.25) is 0 Å². The molecule has 8 heteroatoms. The lowest BCUT2D eigenvalue weighted by Crippen LogP contribution is -2.50. The maximum atomic E-state index is 12.1. The van der Waals surface area contributed by atoms with Crippen molar-refractivity contribution in [2.24, 2.45) is 0 Å². The number of hydrogen-bond acceptors (Lipinski definition) is 6. The van der Waals surface area contributed by atoms with E-state index in [0.29, 0.717) is 0 Å². The lowest BCUT2D eigenvalue weighted by molar-refractivity contribution is -0.170. The van der Waals surface area contributed by atoms with E-state index in [2.05, 4.69) is 10.1 Å². The zero-order valence-electron chi connectivity index (χ0n) is 11.1. The number of thioether (sulfide) groups is 1. The number of rotatable bonds is 5. The van der Waals surface area contributed by atoms with Crippen molar-refractivity contribution >= 4 is 28.9 Å². The molecule has 0 heterocycles. The molecular weight excluding hydrogens is 260 g/mol. The van der Waals surface area contributed by atoms with E-state index in [1.807, 2.05) is 0 Å². The van der Waals surface area contributed by atoms with Crippen LogP contribution in [0.2, 0.25) is 0 Å². The maximum Gasteiger partial charge on any atom is 0.406 e. The second-order valence-electron chi connectivity index (χ2n) is 3.65. The molecule has 0 radical (unpaired) electrons. The molecule has 0 rings (SSSR count). The summed E-state index contributed by atoms with van der Waals surface area (Å²) in [4.78, 5) is 39.1. The monoisotopic (exact) mass is 278 g/mol. The Morgan fingerprint density at radius 3 is 2.28 bits per heavy atom. The highest BCUT2D eigenvalue weighted by molar-refractivity contribution is 8.15. The van der Waals surface area contributed by atoms with Crippen LogP contribution in [-0.4, -0.2) is 54.7 Å². The Bertz CT molecular complexity index is 336. The molecule has 0 saturated heterocycles. The highest BCUT2D eigenvalue weighted by atomic mass is 32.2. The number of nitrogens with zero attached hydrogens (tertiary/aromatic N) is 1. The zero-order chi connectivity index (χ0) is 14.3. The van der Waals surface area contributed by atoms with Crippen molar-refractivity contribution < 1.29 is 24.0 Å². The molecule has 0 saturated carbocycles. The van der Waals surface area contributed by atoms with Crippen LogP contribution in [0.1, 0.15) is 13.8 Å². The smallest absolute Gasteiger partial charge is 0.406 e. The Morgan fingerprint density at radius 2 is 1.89 bits per heavy atom. The van der Waals surface area contributed by atoms with Gasteiger partial charge in [0, 0.05) is 20.5 Å². The van der Waals surface area contributed by atoms with Crippen LogP contribution in [0.5, 0.6) is 0 Å².